The van der Waals surface area contributed by atoms with Crippen molar-refractivity contribution in [2.24, 2.45) is 0 Å². The molecule has 4 aromatic rings. The van der Waals surface area contributed by atoms with Crippen LogP contribution in [0.5, 0.6) is 5.75 Å². The highest BCUT2D eigenvalue weighted by atomic mass is 32.2. The number of hydrogen-bond donors (Lipinski definition) is 2. The Kier molecular flexibility index (Phi) is 10.6. The molecule has 250 valence electrons. The molecule has 12 nitrogen and oxygen atoms in total. The lowest BCUT2D eigenvalue weighted by molar-refractivity contribution is 0.133. The molecule has 2 fully saturated rings. The molecule has 0 bridgehead atoms. The molecule has 0 spiro atoms. The molecule has 2 aliphatic rings. The van der Waals surface area contributed by atoms with Crippen molar-refractivity contribution >= 4 is 39.1 Å². The summed E-state index contributed by atoms with van der Waals surface area (Å²) in [6, 6.07) is 18.0. The minimum atomic E-state index is -3.48. The van der Waals surface area contributed by atoms with E-state index in [9.17, 15) is 8.42 Å². The first kappa shape index (κ1) is 33.2. The van der Waals surface area contributed by atoms with E-state index in [1.165, 1.54) is 11.8 Å². The fraction of sp³-hybridized carbons (Fsp3) is 0.424. The number of aromatic nitrogens is 4. The minimum Gasteiger partial charge on any atom is -0.490 e. The van der Waals surface area contributed by atoms with Crippen LogP contribution in [0.2, 0.25) is 0 Å². The maximum absolute atomic E-state index is 13.1. The second-order valence-electron chi connectivity index (χ2n) is 12.1. The number of benzene rings is 2. The maximum atomic E-state index is 13.1. The van der Waals surface area contributed by atoms with Crippen LogP contribution >= 0.6 is 11.8 Å². The molecule has 2 aliphatic heterocycles. The van der Waals surface area contributed by atoms with Crippen LogP contribution in [0.1, 0.15) is 11.3 Å². The van der Waals surface area contributed by atoms with Crippen LogP contribution in [0.4, 0.5) is 17.5 Å². The standard InChI is InChI=1S/C33H43N9O3S2/c1-25-23-29(38-37-25)34-31-30(45-3)32(42-21-19-41(20-22-42)18-17-40-15-13-39(2)14-16-40)36-33(35-31)46-27-9-11-28(12-10-27)47(43,44)24-26-7-5-4-6-8-26/h4-12,23H,13-22,24H2,1-3H3,(H2,34,35,36,37,38). The maximum Gasteiger partial charge on any atom is 0.204 e. The van der Waals surface area contributed by atoms with Gasteiger partial charge in [0.05, 0.1) is 17.8 Å². The predicted octanol–water partition coefficient (Wildman–Crippen LogP) is 3.75. The lowest BCUT2D eigenvalue weighted by Gasteiger charge is -2.38. The Hall–Kier alpha value is -3.69. The van der Waals surface area contributed by atoms with Gasteiger partial charge in [0.15, 0.2) is 32.4 Å². The highest BCUT2D eigenvalue weighted by Gasteiger charge is 2.26. The van der Waals surface area contributed by atoms with E-state index in [-0.39, 0.29) is 10.6 Å². The van der Waals surface area contributed by atoms with Crippen molar-refractivity contribution in [2.75, 3.05) is 89.8 Å². The zero-order valence-electron chi connectivity index (χ0n) is 27.2. The van der Waals surface area contributed by atoms with E-state index in [1.54, 1.807) is 31.4 Å². The number of nitrogens with zero attached hydrogens (tertiary/aromatic N) is 7. The summed E-state index contributed by atoms with van der Waals surface area (Å²) in [7, 11) is 0.343. The van der Waals surface area contributed by atoms with Crippen LogP contribution in [-0.4, -0.2) is 123 Å². The smallest absolute Gasteiger partial charge is 0.204 e. The third-order valence-electron chi connectivity index (χ3n) is 8.58. The molecule has 0 aliphatic carbocycles. The molecule has 14 heteroatoms. The van der Waals surface area contributed by atoms with E-state index in [2.05, 4.69) is 42.2 Å². The number of hydrogen-bond acceptors (Lipinski definition) is 12. The monoisotopic (exact) mass is 677 g/mol. The first-order chi connectivity index (χ1) is 22.8. The predicted molar refractivity (Wildman–Crippen MR) is 186 cm³/mol. The normalized spacial score (nSPS) is 16.8. The third kappa shape index (κ3) is 8.62. The summed E-state index contributed by atoms with van der Waals surface area (Å²) in [5.41, 5.74) is 1.68. The Labute approximate surface area is 281 Å². The fourth-order valence-corrected chi connectivity index (χ4v) is 7.89. The number of nitrogens with one attached hydrogen (secondary N) is 2. The van der Waals surface area contributed by atoms with Crippen molar-refractivity contribution in [3.05, 3.63) is 71.9 Å². The van der Waals surface area contributed by atoms with Gasteiger partial charge in [-0.15, -0.1) is 0 Å². The van der Waals surface area contributed by atoms with Gasteiger partial charge in [-0.2, -0.15) is 5.10 Å². The van der Waals surface area contributed by atoms with Crippen molar-refractivity contribution in [2.45, 2.75) is 27.6 Å². The van der Waals surface area contributed by atoms with Crippen LogP contribution in [0.25, 0.3) is 0 Å². The van der Waals surface area contributed by atoms with Crippen LogP contribution in [0.3, 0.4) is 0 Å². The number of methoxy groups -OCH3 is 1. The Morgan fingerprint density at radius 2 is 1.55 bits per heavy atom. The van der Waals surface area contributed by atoms with Crippen molar-refractivity contribution in [3.8, 4) is 5.75 Å². The van der Waals surface area contributed by atoms with Gasteiger partial charge in [0, 0.05) is 82.1 Å². The molecule has 6 rings (SSSR count). The van der Waals surface area contributed by atoms with Crippen molar-refractivity contribution in [1.29, 1.82) is 0 Å². The number of anilines is 3. The van der Waals surface area contributed by atoms with Gasteiger partial charge in [-0.25, -0.2) is 18.4 Å². The molecular formula is C33H43N9O3S2. The molecule has 0 amide bonds. The third-order valence-corrected chi connectivity index (χ3v) is 11.2. The molecule has 0 unspecified atom stereocenters. The second-order valence-corrected chi connectivity index (χ2v) is 15.1. The van der Waals surface area contributed by atoms with Gasteiger partial charge < -0.3 is 19.9 Å². The lowest BCUT2D eigenvalue weighted by atomic mass is 10.2. The van der Waals surface area contributed by atoms with Crippen molar-refractivity contribution in [3.63, 3.8) is 0 Å². The Bertz CT molecular complexity index is 1720. The van der Waals surface area contributed by atoms with Crippen LogP contribution in [-0.2, 0) is 15.6 Å². The Morgan fingerprint density at radius 3 is 2.17 bits per heavy atom. The van der Waals surface area contributed by atoms with Crippen LogP contribution in [0.15, 0.2) is 75.6 Å². The molecule has 4 heterocycles. The molecule has 0 atom stereocenters. The molecule has 2 saturated heterocycles. The number of likely N-dealkylation sites (N-methyl/N-ethyl adjacent to an activating group) is 1. The van der Waals surface area contributed by atoms with E-state index in [0.717, 1.165) is 87.4 Å². The van der Waals surface area contributed by atoms with E-state index in [0.29, 0.717) is 22.5 Å². The van der Waals surface area contributed by atoms with Gasteiger partial charge in [0.25, 0.3) is 0 Å². The first-order valence-electron chi connectivity index (χ1n) is 15.9. The summed E-state index contributed by atoms with van der Waals surface area (Å²) in [6.07, 6.45) is 0. The minimum absolute atomic E-state index is 0.0455. The average molecular weight is 678 g/mol. The number of piperazine rings is 2. The number of sulfone groups is 1. The Morgan fingerprint density at radius 1 is 0.894 bits per heavy atom. The molecule has 47 heavy (non-hydrogen) atoms. The van der Waals surface area contributed by atoms with Gasteiger partial charge >= 0.3 is 0 Å². The van der Waals surface area contributed by atoms with Gasteiger partial charge in [0.2, 0.25) is 5.75 Å². The highest BCUT2D eigenvalue weighted by molar-refractivity contribution is 7.99. The van der Waals surface area contributed by atoms with Crippen molar-refractivity contribution < 1.29 is 13.2 Å². The summed E-state index contributed by atoms with van der Waals surface area (Å²) in [5.74, 6) is 2.38. The molecule has 2 aromatic heterocycles. The molecule has 0 radical (unpaired) electrons. The van der Waals surface area contributed by atoms with E-state index < -0.39 is 9.84 Å². The highest BCUT2D eigenvalue weighted by Crippen LogP contribution is 2.38. The average Bonchev–Trinajstić information content (AvgIpc) is 3.49. The van der Waals surface area contributed by atoms with Gasteiger partial charge in [0.1, 0.15) is 0 Å². The SMILES string of the molecule is COc1c(Nc2cc(C)[nH]n2)nc(Sc2ccc(S(=O)(=O)Cc3ccccc3)cc2)nc1N1CCN(CCN2CCN(C)CC2)CC1. The quantitative estimate of drug-likeness (QED) is 0.212. The Balaban J connectivity index is 1.18. The number of H-pyrrole nitrogens is 1. The van der Waals surface area contributed by atoms with Gasteiger partial charge in [-0.05, 0) is 55.6 Å². The zero-order valence-corrected chi connectivity index (χ0v) is 28.9. The largest absolute Gasteiger partial charge is 0.490 e. The fourth-order valence-electron chi connectivity index (χ4n) is 5.79. The summed E-state index contributed by atoms with van der Waals surface area (Å²) in [5, 5.41) is 11.1. The number of ether oxygens (including phenoxy) is 1. The number of rotatable bonds is 12. The molecule has 0 saturated carbocycles. The summed E-state index contributed by atoms with van der Waals surface area (Å²) in [6.45, 7) is 12.1. The molecular weight excluding hydrogens is 635 g/mol. The summed E-state index contributed by atoms with van der Waals surface area (Å²) < 4.78 is 32.0. The topological polar surface area (TPSA) is 123 Å². The van der Waals surface area contributed by atoms with Crippen LogP contribution in [0, 0.1) is 6.92 Å². The summed E-state index contributed by atoms with van der Waals surface area (Å²) >= 11 is 1.38. The van der Waals surface area contributed by atoms with Gasteiger partial charge in [-0.3, -0.25) is 14.9 Å². The second kappa shape index (κ2) is 15.0. The number of aromatic amines is 1. The van der Waals surface area contributed by atoms with E-state index in [4.69, 9.17) is 14.7 Å². The van der Waals surface area contributed by atoms with Gasteiger partial charge in [-0.1, -0.05) is 30.3 Å². The number of aryl methyl sites for hydroxylation is 1. The first-order valence-corrected chi connectivity index (χ1v) is 18.4. The lowest BCUT2D eigenvalue weighted by Crippen LogP contribution is -2.51. The van der Waals surface area contributed by atoms with E-state index in [1.807, 2.05) is 43.3 Å². The van der Waals surface area contributed by atoms with E-state index >= 15 is 0 Å². The zero-order chi connectivity index (χ0) is 32.8. The molecule has 2 aromatic carbocycles. The summed E-state index contributed by atoms with van der Waals surface area (Å²) in [4.78, 5) is 20.7. The van der Waals surface area contributed by atoms with Crippen molar-refractivity contribution in [1.82, 2.24) is 34.9 Å². The molecule has 2 N–H and O–H groups in total. The van der Waals surface area contributed by atoms with Crippen LogP contribution < -0.4 is 15.0 Å².